The molecule has 0 aromatic heterocycles. The van der Waals surface area contributed by atoms with E-state index in [2.05, 4.69) is 265 Å². The van der Waals surface area contributed by atoms with Crippen LogP contribution in [0.2, 0.25) is 0 Å². The molecule has 2 nitrogen and oxygen atoms in total. The molecule has 0 unspecified atom stereocenters. The van der Waals surface area contributed by atoms with Gasteiger partial charge in [-0.15, -0.1) is 0 Å². The number of nitrogens with zero attached hydrogens (tertiary/aromatic N) is 2. The van der Waals surface area contributed by atoms with Crippen LogP contribution in [0.5, 0.6) is 0 Å². The molecule has 0 bridgehead atoms. The predicted octanol–water partition coefficient (Wildman–Crippen LogP) is 12.8. The van der Waals surface area contributed by atoms with Crippen LogP contribution in [0.25, 0.3) is 33.7 Å². The fraction of sp³-hybridized carbons (Fsp3) is 0. The van der Waals surface area contributed by atoms with Crippen LogP contribution in [-0.2, 0) is 0 Å². The standard InChI is InChI=1S/C58H42N2Si/c1-5-23-47(24-6-1)59(55-33-17-21-43-19-13-15-31-53(43)55)49-39-37-45-35-36-46-38-40-50(60(48-25-7-2-8-26-48)56-34-18-22-44-20-14-16-32-54(44)56)42-58(46)61(57(45)41-49,51-27-9-3-10-28-51)52-29-11-4-12-30-52/h1-42H. The molecule has 11 rings (SSSR count). The van der Waals surface area contributed by atoms with E-state index in [1.165, 1.54) is 53.4 Å². The molecule has 1 aliphatic heterocycles. The smallest absolute Gasteiger partial charge is 0.180 e. The van der Waals surface area contributed by atoms with Gasteiger partial charge in [0.1, 0.15) is 0 Å². The third-order valence-electron chi connectivity index (χ3n) is 12.3. The summed E-state index contributed by atoms with van der Waals surface area (Å²) < 4.78 is 0. The van der Waals surface area contributed by atoms with E-state index in [1.54, 1.807) is 0 Å². The van der Waals surface area contributed by atoms with Crippen LogP contribution in [-0.4, -0.2) is 8.07 Å². The van der Waals surface area contributed by atoms with E-state index in [0.29, 0.717) is 0 Å². The lowest BCUT2D eigenvalue weighted by atomic mass is 10.1. The van der Waals surface area contributed by atoms with Crippen LogP contribution in [0.1, 0.15) is 11.1 Å². The summed E-state index contributed by atoms with van der Waals surface area (Å²) in [5.41, 5.74) is 9.26. The van der Waals surface area contributed by atoms with E-state index in [1.807, 2.05) is 0 Å². The van der Waals surface area contributed by atoms with Crippen molar-refractivity contribution in [1.82, 2.24) is 0 Å². The highest BCUT2D eigenvalue weighted by atomic mass is 28.3. The monoisotopic (exact) mass is 794 g/mol. The van der Waals surface area contributed by atoms with Crippen molar-refractivity contribution < 1.29 is 0 Å². The summed E-state index contributed by atoms with van der Waals surface area (Å²) in [6.45, 7) is 0. The topological polar surface area (TPSA) is 6.48 Å². The first-order chi connectivity index (χ1) is 30.3. The first kappa shape index (κ1) is 36.4. The Morgan fingerprint density at radius 2 is 0.639 bits per heavy atom. The van der Waals surface area contributed by atoms with E-state index in [0.717, 1.165) is 34.1 Å². The Balaban J connectivity index is 1.22. The molecule has 0 atom stereocenters. The van der Waals surface area contributed by atoms with Crippen molar-refractivity contribution in [2.75, 3.05) is 9.80 Å². The molecule has 3 heteroatoms. The summed E-state index contributed by atoms with van der Waals surface area (Å²) >= 11 is 0. The summed E-state index contributed by atoms with van der Waals surface area (Å²) in [5, 5.41) is 10.2. The SMILES string of the molecule is C1=Cc2ccc(N(c3ccccc3)c3cccc4ccccc34)cc2[Si](c2ccccc2)(c2ccccc2)c2cc(N(c3ccccc3)c3cccc4ccccc34)ccc21. The minimum absolute atomic E-state index is 1.12. The van der Waals surface area contributed by atoms with Crippen LogP contribution in [0.15, 0.2) is 243 Å². The minimum atomic E-state index is -3.11. The Labute approximate surface area is 358 Å². The Hall–Kier alpha value is -7.72. The van der Waals surface area contributed by atoms with Crippen LogP contribution in [0.4, 0.5) is 34.1 Å². The summed E-state index contributed by atoms with van der Waals surface area (Å²) in [6, 6.07) is 89.4. The molecular formula is C58H42N2Si. The van der Waals surface area contributed by atoms with Crippen molar-refractivity contribution in [3.05, 3.63) is 254 Å². The molecule has 0 amide bonds. The Morgan fingerprint density at radius 3 is 1.07 bits per heavy atom. The Morgan fingerprint density at radius 1 is 0.279 bits per heavy atom. The van der Waals surface area contributed by atoms with Crippen LogP contribution in [0.3, 0.4) is 0 Å². The lowest BCUT2D eigenvalue weighted by Gasteiger charge is -2.38. The molecule has 1 heterocycles. The second-order valence-electron chi connectivity index (χ2n) is 15.7. The molecule has 0 saturated heterocycles. The van der Waals surface area contributed by atoms with Crippen molar-refractivity contribution in [1.29, 1.82) is 0 Å². The summed E-state index contributed by atoms with van der Waals surface area (Å²) in [4.78, 5) is 4.89. The molecule has 0 aliphatic carbocycles. The van der Waals surface area contributed by atoms with E-state index < -0.39 is 8.07 Å². The van der Waals surface area contributed by atoms with E-state index >= 15 is 0 Å². The first-order valence-corrected chi connectivity index (χ1v) is 23.0. The van der Waals surface area contributed by atoms with Crippen molar-refractivity contribution in [3.8, 4) is 0 Å². The highest BCUT2D eigenvalue weighted by Gasteiger charge is 2.45. The molecular weight excluding hydrogens is 753 g/mol. The van der Waals surface area contributed by atoms with Crippen molar-refractivity contribution in [2.45, 2.75) is 0 Å². The second kappa shape index (κ2) is 15.5. The molecule has 288 valence electrons. The van der Waals surface area contributed by atoms with Gasteiger partial charge in [-0.3, -0.25) is 0 Å². The molecule has 0 N–H and O–H groups in total. The van der Waals surface area contributed by atoms with Gasteiger partial charge in [-0.2, -0.15) is 0 Å². The molecule has 1 aliphatic rings. The lowest BCUT2D eigenvalue weighted by Crippen LogP contribution is -2.75. The highest BCUT2D eigenvalue weighted by molar-refractivity contribution is 7.20. The number of benzene rings is 10. The summed E-state index contributed by atoms with van der Waals surface area (Å²) in [6.07, 6.45) is 4.70. The van der Waals surface area contributed by atoms with Gasteiger partial charge in [-0.1, -0.05) is 194 Å². The van der Waals surface area contributed by atoms with Gasteiger partial charge < -0.3 is 9.80 Å². The maximum absolute atomic E-state index is 3.11. The normalized spacial score (nSPS) is 12.7. The van der Waals surface area contributed by atoms with E-state index in [-0.39, 0.29) is 0 Å². The fourth-order valence-electron chi connectivity index (χ4n) is 9.61. The molecule has 61 heavy (non-hydrogen) atoms. The molecule has 10 aromatic rings. The van der Waals surface area contributed by atoms with E-state index in [9.17, 15) is 0 Å². The number of hydrogen-bond donors (Lipinski definition) is 0. The number of fused-ring (bicyclic) bond motifs is 4. The van der Waals surface area contributed by atoms with Crippen LogP contribution < -0.4 is 30.5 Å². The third-order valence-corrected chi connectivity index (χ3v) is 17.2. The predicted molar refractivity (Wildman–Crippen MR) is 263 cm³/mol. The Kier molecular flexibility index (Phi) is 9.22. The average Bonchev–Trinajstić information content (AvgIpc) is 3.48. The maximum atomic E-state index is 2.52. The number of hydrogen-bond acceptors (Lipinski definition) is 2. The van der Waals surface area contributed by atoms with Gasteiger partial charge in [0.15, 0.2) is 8.07 Å². The average molecular weight is 795 g/mol. The molecule has 10 aromatic carbocycles. The zero-order valence-electron chi connectivity index (χ0n) is 33.6. The van der Waals surface area contributed by atoms with Crippen molar-refractivity contribution in [2.24, 2.45) is 0 Å². The van der Waals surface area contributed by atoms with Crippen LogP contribution in [0, 0.1) is 0 Å². The van der Waals surface area contributed by atoms with Gasteiger partial charge in [0, 0.05) is 33.5 Å². The third kappa shape index (κ3) is 6.26. The second-order valence-corrected chi connectivity index (χ2v) is 19.4. The molecule has 0 fully saturated rings. The molecule has 0 spiro atoms. The van der Waals surface area contributed by atoms with Crippen LogP contribution >= 0.6 is 0 Å². The minimum Gasteiger partial charge on any atom is -0.310 e. The van der Waals surface area contributed by atoms with Crippen molar-refractivity contribution in [3.63, 3.8) is 0 Å². The number of rotatable bonds is 8. The number of para-hydroxylation sites is 2. The Bertz CT molecular complexity index is 2970. The van der Waals surface area contributed by atoms with Gasteiger partial charge in [-0.25, -0.2) is 0 Å². The quantitative estimate of drug-likeness (QED) is 0.141. The zero-order valence-corrected chi connectivity index (χ0v) is 34.6. The van der Waals surface area contributed by atoms with Gasteiger partial charge in [-0.05, 0) is 103 Å². The van der Waals surface area contributed by atoms with Gasteiger partial charge >= 0.3 is 0 Å². The van der Waals surface area contributed by atoms with E-state index in [4.69, 9.17) is 0 Å². The maximum Gasteiger partial charge on any atom is 0.180 e. The molecule has 0 saturated carbocycles. The summed E-state index contributed by atoms with van der Waals surface area (Å²) in [7, 11) is -3.11. The lowest BCUT2D eigenvalue weighted by molar-refractivity contribution is 1.30. The van der Waals surface area contributed by atoms with Gasteiger partial charge in [0.2, 0.25) is 0 Å². The molecule has 0 radical (unpaired) electrons. The largest absolute Gasteiger partial charge is 0.310 e. The highest BCUT2D eigenvalue weighted by Crippen LogP contribution is 2.41. The first-order valence-electron chi connectivity index (χ1n) is 21.0. The fourth-order valence-corrected chi connectivity index (χ4v) is 14.8. The summed E-state index contributed by atoms with van der Waals surface area (Å²) in [5.74, 6) is 0. The number of anilines is 6. The van der Waals surface area contributed by atoms with Crippen molar-refractivity contribution >= 4 is 96.6 Å². The van der Waals surface area contributed by atoms with Gasteiger partial charge in [0.05, 0.1) is 11.4 Å². The zero-order chi connectivity index (χ0) is 40.6. The van der Waals surface area contributed by atoms with Gasteiger partial charge in [0.25, 0.3) is 0 Å².